The van der Waals surface area contributed by atoms with E-state index in [0.29, 0.717) is 0 Å². The molecule has 0 spiro atoms. The van der Waals surface area contributed by atoms with Gasteiger partial charge < -0.3 is 19.0 Å². The van der Waals surface area contributed by atoms with E-state index >= 15 is 0 Å². The van der Waals surface area contributed by atoms with E-state index in [1.165, 1.54) is 7.11 Å². The topological polar surface area (TPSA) is 83.1 Å². The van der Waals surface area contributed by atoms with Crippen molar-refractivity contribution < 1.29 is 28.6 Å². The molecule has 0 heterocycles. The summed E-state index contributed by atoms with van der Waals surface area (Å²) in [5.41, 5.74) is 1.13. The quantitative estimate of drug-likeness (QED) is 0.450. The van der Waals surface area contributed by atoms with Crippen molar-refractivity contribution in [2.45, 2.75) is 26.4 Å². The van der Waals surface area contributed by atoms with Crippen molar-refractivity contribution in [3.05, 3.63) is 0 Å². The molecule has 0 bridgehead atoms. The van der Waals surface area contributed by atoms with Crippen LogP contribution in [0.15, 0.2) is 0 Å². The molecule has 0 saturated heterocycles. The average molecular weight is 235 g/mol. The molecule has 7 heteroatoms. The molecule has 0 aliphatic carbocycles. The summed E-state index contributed by atoms with van der Waals surface area (Å²) in [6.07, 6.45) is -1.89. The van der Waals surface area contributed by atoms with E-state index in [9.17, 15) is 9.59 Å². The summed E-state index contributed by atoms with van der Waals surface area (Å²) in [6, 6.07) is 0. The highest BCUT2D eigenvalue weighted by molar-refractivity contribution is 5.69. The second kappa shape index (κ2) is 6.89. The van der Waals surface area contributed by atoms with Gasteiger partial charge in [-0.25, -0.2) is 9.59 Å². The predicted octanol–water partition coefficient (Wildman–Crippen LogP) is 1.23. The zero-order chi connectivity index (χ0) is 12.6. The average Bonchev–Trinajstić information content (AvgIpc) is 2.12. The van der Waals surface area contributed by atoms with Gasteiger partial charge in [0.25, 0.3) is 0 Å². The normalized spacial score (nSPS) is 10.5. The second-order valence-electron chi connectivity index (χ2n) is 3.80. The van der Waals surface area contributed by atoms with Crippen molar-refractivity contribution >= 4 is 12.2 Å². The van der Waals surface area contributed by atoms with Crippen molar-refractivity contribution in [3.8, 4) is 0 Å². The zero-order valence-electron chi connectivity index (χ0n) is 9.86. The number of hydrogen-bond donors (Lipinski definition) is 1. The third kappa shape index (κ3) is 9.07. The standard InChI is InChI=1S/C9H17NO6/c1-9(2,3)15-7(11)10-16-8(12)14-6-5-13-4/h5-6H2,1-4H3,(H,10,11). The van der Waals surface area contributed by atoms with Crippen LogP contribution in [0.25, 0.3) is 0 Å². The van der Waals surface area contributed by atoms with E-state index in [2.05, 4.69) is 14.3 Å². The number of rotatable bonds is 3. The Morgan fingerprint density at radius 3 is 2.31 bits per heavy atom. The van der Waals surface area contributed by atoms with Crippen LogP contribution in [0.1, 0.15) is 20.8 Å². The number of nitrogens with one attached hydrogen (secondary N) is 1. The van der Waals surface area contributed by atoms with Gasteiger partial charge in [-0.05, 0) is 20.8 Å². The van der Waals surface area contributed by atoms with Crippen LogP contribution in [0.5, 0.6) is 0 Å². The van der Waals surface area contributed by atoms with Gasteiger partial charge in [-0.15, -0.1) is 5.48 Å². The van der Waals surface area contributed by atoms with Crippen LogP contribution < -0.4 is 5.48 Å². The van der Waals surface area contributed by atoms with Gasteiger partial charge in [0.05, 0.1) is 6.61 Å². The Labute approximate surface area is 93.9 Å². The largest absolute Gasteiger partial charge is 0.533 e. The molecule has 0 aromatic carbocycles. The maximum Gasteiger partial charge on any atom is 0.533 e. The SMILES string of the molecule is COCCOC(=O)ONC(=O)OC(C)(C)C. The fraction of sp³-hybridized carbons (Fsp3) is 0.778. The Bertz CT molecular complexity index is 235. The van der Waals surface area contributed by atoms with E-state index in [4.69, 9.17) is 4.74 Å². The molecule has 0 aromatic heterocycles. The van der Waals surface area contributed by atoms with E-state index in [1.807, 2.05) is 0 Å². The minimum atomic E-state index is -1.03. The lowest BCUT2D eigenvalue weighted by Gasteiger charge is -2.18. The lowest BCUT2D eigenvalue weighted by molar-refractivity contribution is -0.0152. The maximum absolute atomic E-state index is 11.0. The molecule has 0 aromatic rings. The summed E-state index contributed by atoms with van der Waals surface area (Å²) in [6.45, 7) is 5.35. The summed E-state index contributed by atoms with van der Waals surface area (Å²) < 4.78 is 14.0. The van der Waals surface area contributed by atoms with Crippen LogP contribution in [0.4, 0.5) is 9.59 Å². The Kier molecular flexibility index (Phi) is 6.24. The number of methoxy groups -OCH3 is 1. The number of amides is 1. The van der Waals surface area contributed by atoms with Crippen LogP contribution in [0.3, 0.4) is 0 Å². The molecule has 1 N–H and O–H groups in total. The number of ether oxygens (including phenoxy) is 3. The van der Waals surface area contributed by atoms with Gasteiger partial charge in [0.2, 0.25) is 0 Å². The van der Waals surface area contributed by atoms with Crippen LogP contribution in [0, 0.1) is 0 Å². The van der Waals surface area contributed by atoms with Gasteiger partial charge in [-0.3, -0.25) is 0 Å². The molecule has 0 aliphatic rings. The molecule has 7 nitrogen and oxygen atoms in total. The molecule has 0 rings (SSSR count). The second-order valence-corrected chi connectivity index (χ2v) is 3.80. The van der Waals surface area contributed by atoms with Gasteiger partial charge >= 0.3 is 12.2 Å². The van der Waals surface area contributed by atoms with E-state index in [1.54, 1.807) is 26.3 Å². The first-order valence-corrected chi connectivity index (χ1v) is 4.66. The summed E-state index contributed by atoms with van der Waals surface area (Å²) in [5.74, 6) is 0. The minimum Gasteiger partial charge on any atom is -0.442 e. The first-order valence-electron chi connectivity index (χ1n) is 4.66. The molecule has 1 amide bonds. The Balaban J connectivity index is 3.63. The summed E-state index contributed by atoms with van der Waals surface area (Å²) >= 11 is 0. The Morgan fingerprint density at radius 2 is 1.81 bits per heavy atom. The third-order valence-corrected chi connectivity index (χ3v) is 1.12. The first kappa shape index (κ1) is 14.5. The summed E-state index contributed by atoms with van der Waals surface area (Å²) in [5, 5.41) is 0. The highest BCUT2D eigenvalue weighted by atomic mass is 16.8. The van der Waals surface area contributed by atoms with Crippen LogP contribution in [-0.4, -0.2) is 38.2 Å². The molecule has 0 atom stereocenters. The van der Waals surface area contributed by atoms with Crippen molar-refractivity contribution in [3.63, 3.8) is 0 Å². The number of hydrogen-bond acceptors (Lipinski definition) is 6. The molecular weight excluding hydrogens is 218 g/mol. The molecule has 94 valence electrons. The van der Waals surface area contributed by atoms with Crippen molar-refractivity contribution in [2.75, 3.05) is 20.3 Å². The van der Waals surface area contributed by atoms with E-state index < -0.39 is 17.8 Å². The molecule has 16 heavy (non-hydrogen) atoms. The molecule has 0 aliphatic heterocycles. The lowest BCUT2D eigenvalue weighted by atomic mass is 10.2. The van der Waals surface area contributed by atoms with Crippen molar-refractivity contribution in [2.24, 2.45) is 0 Å². The fourth-order valence-corrected chi connectivity index (χ4v) is 0.620. The van der Waals surface area contributed by atoms with E-state index in [0.717, 1.165) is 0 Å². The highest BCUT2D eigenvalue weighted by Crippen LogP contribution is 2.06. The molecule has 0 fully saturated rings. The molecule has 0 radical (unpaired) electrons. The first-order chi connectivity index (χ1) is 7.35. The van der Waals surface area contributed by atoms with Crippen molar-refractivity contribution in [1.82, 2.24) is 5.48 Å². The number of carbonyl (C=O) groups excluding carboxylic acids is 2. The number of hydroxylamine groups is 1. The van der Waals surface area contributed by atoms with Gasteiger partial charge in [0, 0.05) is 7.11 Å². The smallest absolute Gasteiger partial charge is 0.442 e. The molecule has 0 saturated carbocycles. The third-order valence-electron chi connectivity index (χ3n) is 1.12. The fourth-order valence-electron chi connectivity index (χ4n) is 0.620. The Hall–Kier alpha value is -1.50. The minimum absolute atomic E-state index is 0.0470. The predicted molar refractivity (Wildman–Crippen MR) is 53.7 cm³/mol. The van der Waals surface area contributed by atoms with Crippen molar-refractivity contribution in [1.29, 1.82) is 0 Å². The maximum atomic E-state index is 11.0. The van der Waals surface area contributed by atoms with Crippen LogP contribution in [0.2, 0.25) is 0 Å². The summed E-state index contributed by atoms with van der Waals surface area (Å²) in [4.78, 5) is 26.1. The van der Waals surface area contributed by atoms with Crippen LogP contribution >= 0.6 is 0 Å². The van der Waals surface area contributed by atoms with Gasteiger partial charge in [0.15, 0.2) is 0 Å². The van der Waals surface area contributed by atoms with Gasteiger partial charge in [0.1, 0.15) is 12.2 Å². The summed E-state index contributed by atoms with van der Waals surface area (Å²) in [7, 11) is 1.47. The monoisotopic (exact) mass is 235 g/mol. The molecular formula is C9H17NO6. The number of carbonyl (C=O) groups is 2. The van der Waals surface area contributed by atoms with Gasteiger partial charge in [-0.2, -0.15) is 0 Å². The van der Waals surface area contributed by atoms with E-state index in [-0.39, 0.29) is 13.2 Å². The zero-order valence-corrected chi connectivity index (χ0v) is 9.86. The van der Waals surface area contributed by atoms with Crippen LogP contribution in [-0.2, 0) is 19.0 Å². The van der Waals surface area contributed by atoms with Gasteiger partial charge in [-0.1, -0.05) is 0 Å². The molecule has 0 unspecified atom stereocenters. The lowest BCUT2D eigenvalue weighted by Crippen LogP contribution is -2.34. The Morgan fingerprint density at radius 1 is 1.19 bits per heavy atom. The highest BCUT2D eigenvalue weighted by Gasteiger charge is 2.17.